The number of carbonyl (C=O) groups excluding carboxylic acids is 2. The van der Waals surface area contributed by atoms with Gasteiger partial charge in [-0.25, -0.2) is 17.1 Å². The predicted octanol–water partition coefficient (Wildman–Crippen LogP) is 1.91. The van der Waals surface area contributed by atoms with Crippen molar-refractivity contribution in [1.82, 2.24) is 9.21 Å². The molecule has 6 nitrogen and oxygen atoms in total. The Morgan fingerprint density at radius 3 is 2.24 bits per heavy atom. The van der Waals surface area contributed by atoms with Gasteiger partial charge in [0.2, 0.25) is 11.8 Å². The average molecular weight is 368 g/mol. The van der Waals surface area contributed by atoms with Crippen LogP contribution in [0.3, 0.4) is 0 Å². The van der Waals surface area contributed by atoms with Crippen molar-refractivity contribution in [3.63, 3.8) is 0 Å². The minimum atomic E-state index is -4.18. The van der Waals surface area contributed by atoms with Crippen molar-refractivity contribution in [3.8, 4) is 0 Å². The highest BCUT2D eigenvalue weighted by Gasteiger charge is 2.45. The zero-order chi connectivity index (χ0) is 18.0. The molecule has 1 atom stereocenters. The molecule has 0 aromatic heterocycles. The van der Waals surface area contributed by atoms with Gasteiger partial charge in [0.25, 0.3) is 10.0 Å². The molecule has 0 N–H and O–H groups in total. The van der Waals surface area contributed by atoms with Gasteiger partial charge in [0.15, 0.2) is 0 Å². The smallest absolute Gasteiger partial charge is 0.267 e. The molecular formula is C17H21FN2O4S. The van der Waals surface area contributed by atoms with Crippen LogP contribution in [0, 0.1) is 5.82 Å². The van der Waals surface area contributed by atoms with Crippen LogP contribution in [0.5, 0.6) is 0 Å². The number of hydrogen-bond acceptors (Lipinski definition) is 4. The molecule has 0 spiro atoms. The maximum Gasteiger partial charge on any atom is 0.267 e. The Balaban J connectivity index is 1.88. The molecule has 3 rings (SSSR count). The zero-order valence-corrected chi connectivity index (χ0v) is 14.7. The summed E-state index contributed by atoms with van der Waals surface area (Å²) in [6, 6.07) is 3.28. The molecule has 1 aromatic carbocycles. The van der Waals surface area contributed by atoms with E-state index in [1.807, 2.05) is 0 Å². The van der Waals surface area contributed by atoms with Gasteiger partial charge in [0, 0.05) is 19.5 Å². The Morgan fingerprint density at radius 1 is 1.04 bits per heavy atom. The second kappa shape index (κ2) is 7.11. The number of nitrogens with zero attached hydrogens (tertiary/aromatic N) is 2. The van der Waals surface area contributed by atoms with Crippen LogP contribution in [0.2, 0.25) is 0 Å². The normalized spacial score (nSPS) is 22.1. The number of hydrogen-bond donors (Lipinski definition) is 0. The molecule has 1 aromatic rings. The molecule has 0 unspecified atom stereocenters. The quantitative estimate of drug-likeness (QED) is 0.817. The highest BCUT2D eigenvalue weighted by molar-refractivity contribution is 7.89. The lowest BCUT2D eigenvalue weighted by atomic mass is 10.2. The minimum Gasteiger partial charge on any atom is -0.341 e. The van der Waals surface area contributed by atoms with Gasteiger partial charge in [-0.3, -0.25) is 9.59 Å². The van der Waals surface area contributed by atoms with E-state index in [-0.39, 0.29) is 23.6 Å². The first-order valence-electron chi connectivity index (χ1n) is 8.53. The molecule has 8 heteroatoms. The van der Waals surface area contributed by atoms with Gasteiger partial charge in [-0.1, -0.05) is 12.8 Å². The highest BCUT2D eigenvalue weighted by Crippen LogP contribution is 2.29. The summed E-state index contributed by atoms with van der Waals surface area (Å²) in [5.74, 6) is -1.46. The number of rotatable bonds is 3. The lowest BCUT2D eigenvalue weighted by Crippen LogP contribution is -2.49. The maximum atomic E-state index is 13.1. The summed E-state index contributed by atoms with van der Waals surface area (Å²) in [5.41, 5.74) is 0. The van der Waals surface area contributed by atoms with E-state index in [2.05, 4.69) is 0 Å². The molecule has 0 aliphatic carbocycles. The largest absolute Gasteiger partial charge is 0.341 e. The Morgan fingerprint density at radius 2 is 1.64 bits per heavy atom. The van der Waals surface area contributed by atoms with E-state index in [9.17, 15) is 22.4 Å². The van der Waals surface area contributed by atoms with Crippen molar-refractivity contribution in [2.24, 2.45) is 0 Å². The average Bonchev–Trinajstić information content (AvgIpc) is 2.81. The third-order valence-corrected chi connectivity index (χ3v) is 6.58. The molecule has 2 fully saturated rings. The van der Waals surface area contributed by atoms with Gasteiger partial charge < -0.3 is 4.90 Å². The fourth-order valence-corrected chi connectivity index (χ4v) is 5.01. The van der Waals surface area contributed by atoms with Gasteiger partial charge in [-0.2, -0.15) is 0 Å². The molecule has 2 amide bonds. The van der Waals surface area contributed by atoms with Crippen molar-refractivity contribution in [2.45, 2.75) is 49.5 Å². The van der Waals surface area contributed by atoms with Crippen LogP contribution in [0.25, 0.3) is 0 Å². The molecule has 136 valence electrons. The van der Waals surface area contributed by atoms with E-state index >= 15 is 0 Å². The maximum absolute atomic E-state index is 13.1. The molecule has 25 heavy (non-hydrogen) atoms. The van der Waals surface area contributed by atoms with Gasteiger partial charge in [0.1, 0.15) is 11.9 Å². The Bertz CT molecular complexity index is 755. The van der Waals surface area contributed by atoms with Crippen LogP contribution in [-0.4, -0.2) is 48.6 Å². The Hall–Kier alpha value is -1.96. The van der Waals surface area contributed by atoms with Gasteiger partial charge >= 0.3 is 0 Å². The Kier molecular flexibility index (Phi) is 5.08. The first-order chi connectivity index (χ1) is 11.9. The monoisotopic (exact) mass is 368 g/mol. The summed E-state index contributed by atoms with van der Waals surface area (Å²) in [7, 11) is -4.18. The molecule has 0 radical (unpaired) electrons. The fourth-order valence-electron chi connectivity index (χ4n) is 3.41. The number of amides is 2. The number of sulfonamides is 1. The van der Waals surface area contributed by atoms with Gasteiger partial charge in [0.05, 0.1) is 4.90 Å². The topological polar surface area (TPSA) is 74.8 Å². The van der Waals surface area contributed by atoms with E-state index in [1.54, 1.807) is 4.90 Å². The van der Waals surface area contributed by atoms with Crippen LogP contribution < -0.4 is 0 Å². The zero-order valence-electron chi connectivity index (χ0n) is 13.9. The molecule has 2 saturated heterocycles. The van der Waals surface area contributed by atoms with E-state index in [0.717, 1.165) is 49.9 Å². The van der Waals surface area contributed by atoms with Crippen LogP contribution in [-0.2, 0) is 19.6 Å². The van der Waals surface area contributed by atoms with Crippen molar-refractivity contribution < 1.29 is 22.4 Å². The SMILES string of the molecule is O=C([C@@H]1CCC(=O)N1S(=O)(=O)c1ccc(F)cc1)N1CCCCCC1. The van der Waals surface area contributed by atoms with Crippen molar-refractivity contribution >= 4 is 21.8 Å². The summed E-state index contributed by atoms with van der Waals surface area (Å²) < 4.78 is 39.4. The van der Waals surface area contributed by atoms with Gasteiger partial charge in [-0.15, -0.1) is 0 Å². The molecule has 0 saturated carbocycles. The Labute approximate surface area is 146 Å². The van der Waals surface area contributed by atoms with E-state index < -0.39 is 27.8 Å². The van der Waals surface area contributed by atoms with Crippen LogP contribution in [0.4, 0.5) is 4.39 Å². The minimum absolute atomic E-state index is 0.0185. The third kappa shape index (κ3) is 3.53. The first-order valence-corrected chi connectivity index (χ1v) is 9.97. The summed E-state index contributed by atoms with van der Waals surface area (Å²) in [6.07, 6.45) is 4.07. The van der Waals surface area contributed by atoms with Crippen LogP contribution in [0.15, 0.2) is 29.2 Å². The summed E-state index contributed by atoms with van der Waals surface area (Å²) >= 11 is 0. The second-order valence-electron chi connectivity index (χ2n) is 6.44. The fraction of sp³-hybridized carbons (Fsp3) is 0.529. The summed E-state index contributed by atoms with van der Waals surface area (Å²) in [5, 5.41) is 0. The van der Waals surface area contributed by atoms with E-state index in [1.165, 1.54) is 0 Å². The van der Waals surface area contributed by atoms with Crippen LogP contribution in [0.1, 0.15) is 38.5 Å². The van der Waals surface area contributed by atoms with Gasteiger partial charge in [-0.05, 0) is 43.5 Å². The second-order valence-corrected chi connectivity index (χ2v) is 8.26. The molecule has 2 heterocycles. The lowest BCUT2D eigenvalue weighted by Gasteiger charge is -2.29. The van der Waals surface area contributed by atoms with E-state index in [4.69, 9.17) is 0 Å². The molecular weight excluding hydrogens is 347 g/mol. The standard InChI is InChI=1S/C17H21FN2O4S/c18-13-5-7-14(8-6-13)25(23,24)20-15(9-10-16(20)21)17(22)19-11-3-1-2-4-12-19/h5-8,15H,1-4,9-12H2/t15-/m0/s1. The molecule has 2 aliphatic rings. The van der Waals surface area contributed by atoms with Crippen LogP contribution >= 0.6 is 0 Å². The molecule has 2 aliphatic heterocycles. The lowest BCUT2D eigenvalue weighted by molar-refractivity contribution is -0.137. The number of likely N-dealkylation sites (tertiary alicyclic amines) is 1. The van der Waals surface area contributed by atoms with Crippen molar-refractivity contribution in [3.05, 3.63) is 30.1 Å². The van der Waals surface area contributed by atoms with Crippen molar-refractivity contribution in [2.75, 3.05) is 13.1 Å². The summed E-state index contributed by atoms with van der Waals surface area (Å²) in [4.78, 5) is 26.6. The van der Waals surface area contributed by atoms with E-state index in [0.29, 0.717) is 17.4 Å². The van der Waals surface area contributed by atoms with Crippen molar-refractivity contribution in [1.29, 1.82) is 0 Å². The number of benzene rings is 1. The first kappa shape index (κ1) is 17.8. The predicted molar refractivity (Wildman–Crippen MR) is 88.5 cm³/mol. The summed E-state index contributed by atoms with van der Waals surface area (Å²) in [6.45, 7) is 1.18. The third-order valence-electron chi connectivity index (χ3n) is 4.73. The molecule has 0 bridgehead atoms. The number of halogens is 1. The number of carbonyl (C=O) groups is 2. The highest BCUT2D eigenvalue weighted by atomic mass is 32.2.